The average Bonchev–Trinajstić information content (AvgIpc) is 3.28. The largest absolute Gasteiger partial charge is 0.493 e. The second-order valence-electron chi connectivity index (χ2n) is 7.36. The van der Waals surface area contributed by atoms with E-state index in [1.54, 1.807) is 30.6 Å². The van der Waals surface area contributed by atoms with E-state index in [2.05, 4.69) is 6.07 Å². The topological polar surface area (TPSA) is 70.8 Å². The van der Waals surface area contributed by atoms with Crippen molar-refractivity contribution >= 4 is 32.5 Å². The highest BCUT2D eigenvalue weighted by atomic mass is 32.1. The van der Waals surface area contributed by atoms with E-state index in [1.807, 2.05) is 48.5 Å². The molecule has 3 aromatic carbocycles. The van der Waals surface area contributed by atoms with Gasteiger partial charge in [-0.3, -0.25) is 0 Å². The zero-order valence-electron chi connectivity index (χ0n) is 17.9. The maximum Gasteiger partial charge on any atom is 0.336 e. The van der Waals surface area contributed by atoms with Crippen molar-refractivity contribution in [1.29, 1.82) is 0 Å². The summed E-state index contributed by atoms with van der Waals surface area (Å²) in [5.74, 6) is 1.99. The lowest BCUT2D eigenvalue weighted by Gasteiger charge is -2.12. The van der Waals surface area contributed by atoms with Crippen LogP contribution >= 0.6 is 11.3 Å². The molecule has 5 rings (SSSR count). The molecule has 0 atom stereocenters. The van der Waals surface area contributed by atoms with Crippen molar-refractivity contribution in [3.63, 3.8) is 0 Å². The van der Waals surface area contributed by atoms with Gasteiger partial charge >= 0.3 is 5.63 Å². The normalized spacial score (nSPS) is 11.1. The first-order valence-electron chi connectivity index (χ1n) is 10.5. The van der Waals surface area contributed by atoms with Crippen LogP contribution in [0.5, 0.6) is 17.2 Å². The molecule has 2 heterocycles. The molecule has 0 radical (unpaired) electrons. The number of nitrogens with zero attached hydrogens (tertiary/aromatic N) is 1. The van der Waals surface area contributed by atoms with Crippen LogP contribution in [0.1, 0.15) is 6.42 Å². The van der Waals surface area contributed by atoms with Crippen LogP contribution < -0.4 is 19.8 Å². The molecule has 6 nitrogen and oxygen atoms in total. The summed E-state index contributed by atoms with van der Waals surface area (Å²) in [6, 6.07) is 22.5. The lowest BCUT2D eigenvalue weighted by Crippen LogP contribution is -2.06. The minimum absolute atomic E-state index is 0.379. The predicted molar refractivity (Wildman–Crippen MR) is 130 cm³/mol. The standard InChI is InChI=1S/C26H21NO5S/c1-29-23-15-18(26-27-20-5-2-3-6-24(20)33-26)8-11-21(23)31-14-4-13-30-19-10-7-17-9-12-25(28)32-22(17)16-19/h2-3,5-12,15-16H,4,13-14H2,1H3. The van der Waals surface area contributed by atoms with Crippen molar-refractivity contribution in [3.8, 4) is 27.8 Å². The van der Waals surface area contributed by atoms with E-state index in [1.165, 1.54) is 6.07 Å². The van der Waals surface area contributed by atoms with Gasteiger partial charge < -0.3 is 18.6 Å². The third-order valence-corrected chi connectivity index (χ3v) is 6.20. The predicted octanol–water partition coefficient (Wildman–Crippen LogP) is 5.93. The summed E-state index contributed by atoms with van der Waals surface area (Å²) in [5, 5.41) is 1.80. The number of fused-ring (bicyclic) bond motifs is 2. The summed E-state index contributed by atoms with van der Waals surface area (Å²) in [6.07, 6.45) is 0.680. The van der Waals surface area contributed by atoms with E-state index in [0.717, 1.165) is 26.2 Å². The van der Waals surface area contributed by atoms with Crippen LogP contribution in [-0.2, 0) is 0 Å². The van der Waals surface area contributed by atoms with Gasteiger partial charge in [-0.2, -0.15) is 0 Å². The molecule has 0 unspecified atom stereocenters. The molecule has 0 amide bonds. The summed E-state index contributed by atoms with van der Waals surface area (Å²) in [7, 11) is 1.63. The fraction of sp³-hybridized carbons (Fsp3) is 0.154. The van der Waals surface area contributed by atoms with E-state index in [0.29, 0.717) is 42.5 Å². The van der Waals surface area contributed by atoms with Crippen LogP contribution in [0.15, 0.2) is 82.0 Å². The average molecular weight is 460 g/mol. The first-order chi connectivity index (χ1) is 16.2. The Morgan fingerprint density at radius 3 is 2.64 bits per heavy atom. The number of rotatable bonds is 8. The molecule has 166 valence electrons. The summed E-state index contributed by atoms with van der Waals surface area (Å²) >= 11 is 1.65. The summed E-state index contributed by atoms with van der Waals surface area (Å²) < 4.78 is 23.6. The van der Waals surface area contributed by atoms with Crippen molar-refractivity contribution < 1.29 is 18.6 Å². The zero-order chi connectivity index (χ0) is 22.6. The maximum absolute atomic E-state index is 11.4. The van der Waals surface area contributed by atoms with Gasteiger partial charge in [0.05, 0.1) is 30.5 Å². The molecular formula is C26H21NO5S. The molecule has 0 saturated carbocycles. The lowest BCUT2D eigenvalue weighted by molar-refractivity contribution is 0.240. The number of ether oxygens (including phenoxy) is 3. The first-order valence-corrected chi connectivity index (χ1v) is 11.3. The summed E-state index contributed by atoms with van der Waals surface area (Å²) in [5.41, 5.74) is 2.11. The van der Waals surface area contributed by atoms with E-state index in [4.69, 9.17) is 23.6 Å². The maximum atomic E-state index is 11.4. The Labute approximate surface area is 194 Å². The Kier molecular flexibility index (Phi) is 5.95. The van der Waals surface area contributed by atoms with Gasteiger partial charge in [0.1, 0.15) is 16.3 Å². The smallest absolute Gasteiger partial charge is 0.336 e. The van der Waals surface area contributed by atoms with Crippen LogP contribution in [-0.4, -0.2) is 25.3 Å². The molecule has 0 saturated heterocycles. The molecule has 5 aromatic rings. The molecule has 0 aliphatic rings. The van der Waals surface area contributed by atoms with E-state index >= 15 is 0 Å². The number of hydrogen-bond donors (Lipinski definition) is 0. The highest BCUT2D eigenvalue weighted by molar-refractivity contribution is 7.21. The molecule has 0 N–H and O–H groups in total. The monoisotopic (exact) mass is 459 g/mol. The van der Waals surface area contributed by atoms with Gasteiger partial charge in [0.15, 0.2) is 11.5 Å². The molecule has 33 heavy (non-hydrogen) atoms. The van der Waals surface area contributed by atoms with Crippen LogP contribution in [0, 0.1) is 0 Å². The van der Waals surface area contributed by atoms with E-state index in [-0.39, 0.29) is 5.63 Å². The van der Waals surface area contributed by atoms with Crippen molar-refractivity contribution in [2.45, 2.75) is 6.42 Å². The first kappa shape index (κ1) is 21.0. The fourth-order valence-electron chi connectivity index (χ4n) is 3.48. The third-order valence-electron chi connectivity index (χ3n) is 5.11. The number of methoxy groups -OCH3 is 1. The van der Waals surface area contributed by atoms with Crippen LogP contribution in [0.25, 0.3) is 31.8 Å². The summed E-state index contributed by atoms with van der Waals surface area (Å²) in [6.45, 7) is 0.939. The van der Waals surface area contributed by atoms with Crippen LogP contribution in [0.2, 0.25) is 0 Å². The highest BCUT2D eigenvalue weighted by Gasteiger charge is 2.11. The molecule has 0 bridgehead atoms. The second kappa shape index (κ2) is 9.34. The Morgan fingerprint density at radius 2 is 1.76 bits per heavy atom. The van der Waals surface area contributed by atoms with Gasteiger partial charge in [0.2, 0.25) is 0 Å². The molecule has 2 aromatic heterocycles. The second-order valence-corrected chi connectivity index (χ2v) is 8.39. The molecule has 0 fully saturated rings. The SMILES string of the molecule is COc1cc(-c2nc3ccccc3s2)ccc1OCCCOc1ccc2ccc(=O)oc2c1. The third kappa shape index (κ3) is 4.68. The van der Waals surface area contributed by atoms with Gasteiger partial charge in [0.25, 0.3) is 0 Å². The van der Waals surface area contributed by atoms with Gasteiger partial charge in [-0.15, -0.1) is 11.3 Å². The van der Waals surface area contributed by atoms with E-state index < -0.39 is 0 Å². The quantitative estimate of drug-likeness (QED) is 0.212. The Morgan fingerprint density at radius 1 is 0.909 bits per heavy atom. The van der Waals surface area contributed by atoms with Gasteiger partial charge in [-0.05, 0) is 48.5 Å². The van der Waals surface area contributed by atoms with Gasteiger partial charge in [-0.25, -0.2) is 9.78 Å². The van der Waals surface area contributed by atoms with Crippen LogP contribution in [0.4, 0.5) is 0 Å². The zero-order valence-corrected chi connectivity index (χ0v) is 18.8. The minimum atomic E-state index is -0.379. The Hall–Kier alpha value is -3.84. The summed E-state index contributed by atoms with van der Waals surface area (Å²) in [4.78, 5) is 16.1. The van der Waals surface area contributed by atoms with Crippen molar-refractivity contribution in [2.24, 2.45) is 0 Å². The van der Waals surface area contributed by atoms with Crippen LogP contribution in [0.3, 0.4) is 0 Å². The van der Waals surface area contributed by atoms with Gasteiger partial charge in [0, 0.05) is 29.5 Å². The number of aromatic nitrogens is 1. The fourth-order valence-corrected chi connectivity index (χ4v) is 4.44. The molecule has 0 spiro atoms. The Bertz CT molecular complexity index is 1440. The Balaban J connectivity index is 1.19. The molecule has 7 heteroatoms. The van der Waals surface area contributed by atoms with Crippen molar-refractivity contribution in [3.05, 3.63) is 83.2 Å². The number of benzene rings is 3. The molecular weight excluding hydrogens is 438 g/mol. The van der Waals surface area contributed by atoms with E-state index in [9.17, 15) is 4.79 Å². The number of para-hydroxylation sites is 1. The highest BCUT2D eigenvalue weighted by Crippen LogP contribution is 2.36. The molecule has 0 aliphatic heterocycles. The number of hydrogen-bond acceptors (Lipinski definition) is 7. The van der Waals surface area contributed by atoms with Crippen molar-refractivity contribution in [1.82, 2.24) is 4.98 Å². The van der Waals surface area contributed by atoms with Gasteiger partial charge in [-0.1, -0.05) is 12.1 Å². The minimum Gasteiger partial charge on any atom is -0.493 e. The number of thiazole rings is 1. The molecule has 0 aliphatic carbocycles. The lowest BCUT2D eigenvalue weighted by atomic mass is 10.2. The van der Waals surface area contributed by atoms with Crippen molar-refractivity contribution in [2.75, 3.05) is 20.3 Å².